The number of imidazole rings is 1. The minimum atomic E-state index is -1.15. The molecule has 148 valence electrons. The van der Waals surface area contributed by atoms with E-state index in [0.717, 1.165) is 21.8 Å². The Balaban J connectivity index is 1.82. The highest BCUT2D eigenvalue weighted by atomic mass is 35.5. The molecular weight excluding hydrogens is 392 g/mol. The minimum Gasteiger partial charge on any atom is -0.465 e. The van der Waals surface area contributed by atoms with Crippen molar-refractivity contribution in [3.63, 3.8) is 0 Å². The van der Waals surface area contributed by atoms with Gasteiger partial charge in [-0.3, -0.25) is 9.30 Å². The first-order valence-electron chi connectivity index (χ1n) is 9.07. The molecule has 0 bridgehead atoms. The number of rotatable bonds is 5. The number of anilines is 1. The summed E-state index contributed by atoms with van der Waals surface area (Å²) in [6.07, 6.45) is 5.71. The maximum Gasteiger partial charge on any atom is 0.413 e. The lowest BCUT2D eigenvalue weighted by Gasteiger charge is -2.21. The number of nitrogens with zero attached hydrogens (tertiary/aromatic N) is 6. The molecule has 0 saturated carbocycles. The number of hydrogen-bond donors (Lipinski definition) is 1. The van der Waals surface area contributed by atoms with Crippen molar-refractivity contribution >= 4 is 29.2 Å². The number of carbonyl (C=O) groups is 1. The van der Waals surface area contributed by atoms with E-state index in [1.54, 1.807) is 27.7 Å². The van der Waals surface area contributed by atoms with E-state index in [9.17, 15) is 9.90 Å². The van der Waals surface area contributed by atoms with Crippen LogP contribution in [0.3, 0.4) is 0 Å². The second-order valence-electron chi connectivity index (χ2n) is 6.87. The normalized spacial score (nSPS) is 11.3. The zero-order valence-corrected chi connectivity index (χ0v) is 16.7. The third-order valence-corrected chi connectivity index (χ3v) is 4.81. The van der Waals surface area contributed by atoms with Crippen molar-refractivity contribution in [2.24, 2.45) is 0 Å². The molecule has 0 saturated heterocycles. The van der Waals surface area contributed by atoms with Gasteiger partial charge in [0, 0.05) is 30.5 Å². The summed E-state index contributed by atoms with van der Waals surface area (Å²) < 4.78 is 3.49. The highest BCUT2D eigenvalue weighted by molar-refractivity contribution is 6.29. The van der Waals surface area contributed by atoms with Crippen LogP contribution < -0.4 is 4.90 Å². The molecule has 0 aliphatic carbocycles. The predicted molar refractivity (Wildman–Crippen MR) is 110 cm³/mol. The maximum atomic E-state index is 12.2. The second-order valence-corrected chi connectivity index (χ2v) is 7.25. The van der Waals surface area contributed by atoms with Crippen LogP contribution in [-0.4, -0.2) is 35.3 Å². The molecular formula is C20H19ClN6O2. The number of carboxylic acid groups (broad SMARTS) is 1. The van der Waals surface area contributed by atoms with Crippen molar-refractivity contribution < 1.29 is 9.90 Å². The van der Waals surface area contributed by atoms with E-state index in [1.807, 2.05) is 50.4 Å². The Morgan fingerprint density at radius 2 is 2.07 bits per heavy atom. The van der Waals surface area contributed by atoms with Gasteiger partial charge in [0.1, 0.15) is 5.15 Å². The summed E-state index contributed by atoms with van der Waals surface area (Å²) in [7, 11) is 0. The van der Waals surface area contributed by atoms with Gasteiger partial charge < -0.3 is 5.11 Å². The van der Waals surface area contributed by atoms with Gasteiger partial charge in [0.05, 0.1) is 12.2 Å². The van der Waals surface area contributed by atoms with E-state index >= 15 is 0 Å². The minimum absolute atomic E-state index is 0.0677. The fraction of sp³-hybridized carbons (Fsp3) is 0.200. The average molecular weight is 411 g/mol. The van der Waals surface area contributed by atoms with Crippen molar-refractivity contribution in [1.29, 1.82) is 0 Å². The molecule has 1 N–H and O–H groups in total. The molecule has 3 heterocycles. The molecule has 0 fully saturated rings. The van der Waals surface area contributed by atoms with Crippen LogP contribution in [0.2, 0.25) is 5.15 Å². The molecule has 4 aromatic rings. The van der Waals surface area contributed by atoms with E-state index in [4.69, 9.17) is 11.6 Å². The standard InChI is InChI=1S/C20H19ClN6O2/c1-13(2)16-10-22-18-19(24-17(21)12-25(16)18)26(20(28)29)11-14-6-3-4-7-15(14)27-9-5-8-23-27/h3-10,12-13H,11H2,1-2H3,(H,28,29). The molecule has 0 aliphatic rings. The summed E-state index contributed by atoms with van der Waals surface area (Å²) in [5.74, 6) is 0.377. The topological polar surface area (TPSA) is 88.5 Å². The molecule has 4 rings (SSSR count). The Labute approximate surface area is 172 Å². The summed E-state index contributed by atoms with van der Waals surface area (Å²) in [6.45, 7) is 4.14. The Kier molecular flexibility index (Phi) is 4.94. The van der Waals surface area contributed by atoms with Gasteiger partial charge in [-0.25, -0.2) is 19.4 Å². The van der Waals surface area contributed by atoms with Crippen LogP contribution in [0.15, 0.2) is 55.1 Å². The van der Waals surface area contributed by atoms with Gasteiger partial charge in [0.25, 0.3) is 0 Å². The van der Waals surface area contributed by atoms with Crippen LogP contribution in [0.4, 0.5) is 10.6 Å². The SMILES string of the molecule is CC(C)c1cnc2c(N(Cc3ccccc3-n3cccn3)C(=O)O)nc(Cl)cn12. The highest BCUT2D eigenvalue weighted by Crippen LogP contribution is 2.27. The molecule has 0 aliphatic heterocycles. The molecule has 0 radical (unpaired) electrons. The molecule has 9 heteroatoms. The molecule has 3 aromatic heterocycles. The fourth-order valence-electron chi connectivity index (χ4n) is 3.25. The predicted octanol–water partition coefficient (Wildman–Crippen LogP) is 4.38. The van der Waals surface area contributed by atoms with Gasteiger partial charge in [-0.1, -0.05) is 43.6 Å². The van der Waals surface area contributed by atoms with Crippen molar-refractivity contribution in [2.75, 3.05) is 4.90 Å². The first kappa shape index (κ1) is 18.9. The molecule has 1 aromatic carbocycles. The van der Waals surface area contributed by atoms with Gasteiger partial charge in [-0.15, -0.1) is 0 Å². The van der Waals surface area contributed by atoms with Gasteiger partial charge in [-0.05, 0) is 23.6 Å². The summed E-state index contributed by atoms with van der Waals surface area (Å²) in [4.78, 5) is 22.0. The first-order valence-corrected chi connectivity index (χ1v) is 9.45. The van der Waals surface area contributed by atoms with E-state index in [2.05, 4.69) is 15.1 Å². The monoisotopic (exact) mass is 410 g/mol. The Morgan fingerprint density at radius 3 is 2.76 bits per heavy atom. The average Bonchev–Trinajstić information content (AvgIpc) is 3.35. The van der Waals surface area contributed by atoms with Crippen LogP contribution in [-0.2, 0) is 6.54 Å². The number of halogens is 1. The number of para-hydroxylation sites is 1. The van der Waals surface area contributed by atoms with E-state index < -0.39 is 6.09 Å². The van der Waals surface area contributed by atoms with Gasteiger partial charge in [0.2, 0.25) is 0 Å². The molecule has 8 nitrogen and oxygen atoms in total. The third-order valence-electron chi connectivity index (χ3n) is 4.62. The van der Waals surface area contributed by atoms with Gasteiger partial charge in [-0.2, -0.15) is 5.10 Å². The number of amides is 1. The molecule has 0 atom stereocenters. The van der Waals surface area contributed by atoms with E-state index in [0.29, 0.717) is 5.65 Å². The van der Waals surface area contributed by atoms with Crippen LogP contribution in [0.5, 0.6) is 0 Å². The Morgan fingerprint density at radius 1 is 1.28 bits per heavy atom. The van der Waals surface area contributed by atoms with Crippen LogP contribution in [0.1, 0.15) is 31.0 Å². The zero-order chi connectivity index (χ0) is 20.5. The van der Waals surface area contributed by atoms with Crippen molar-refractivity contribution in [2.45, 2.75) is 26.3 Å². The van der Waals surface area contributed by atoms with E-state index in [1.165, 1.54) is 0 Å². The smallest absolute Gasteiger partial charge is 0.413 e. The number of hydrogen-bond acceptors (Lipinski definition) is 4. The summed E-state index contributed by atoms with van der Waals surface area (Å²) >= 11 is 6.23. The number of fused-ring (bicyclic) bond motifs is 1. The maximum absolute atomic E-state index is 12.2. The summed E-state index contributed by atoms with van der Waals surface area (Å²) in [5, 5.41) is 14.4. The van der Waals surface area contributed by atoms with Crippen LogP contribution >= 0.6 is 11.6 Å². The Bertz CT molecular complexity index is 1170. The van der Waals surface area contributed by atoms with E-state index in [-0.39, 0.29) is 23.4 Å². The van der Waals surface area contributed by atoms with Crippen LogP contribution in [0.25, 0.3) is 11.3 Å². The lowest BCUT2D eigenvalue weighted by Crippen LogP contribution is -2.30. The summed E-state index contributed by atoms with van der Waals surface area (Å²) in [5.41, 5.74) is 2.92. The van der Waals surface area contributed by atoms with Crippen molar-refractivity contribution in [3.8, 4) is 5.69 Å². The molecule has 0 spiro atoms. The highest BCUT2D eigenvalue weighted by Gasteiger charge is 2.24. The number of aromatic nitrogens is 5. The largest absolute Gasteiger partial charge is 0.465 e. The lowest BCUT2D eigenvalue weighted by molar-refractivity contribution is 0.201. The second kappa shape index (κ2) is 7.56. The quantitative estimate of drug-likeness (QED) is 0.527. The lowest BCUT2D eigenvalue weighted by atomic mass is 10.1. The van der Waals surface area contributed by atoms with Crippen LogP contribution in [0, 0.1) is 0 Å². The molecule has 29 heavy (non-hydrogen) atoms. The van der Waals surface area contributed by atoms with Gasteiger partial charge in [0.15, 0.2) is 11.5 Å². The van der Waals surface area contributed by atoms with Gasteiger partial charge >= 0.3 is 6.09 Å². The number of benzene rings is 1. The zero-order valence-electron chi connectivity index (χ0n) is 15.9. The molecule has 0 unspecified atom stereocenters. The van der Waals surface area contributed by atoms with Crippen molar-refractivity contribution in [1.82, 2.24) is 24.1 Å². The fourth-order valence-corrected chi connectivity index (χ4v) is 3.43. The van der Waals surface area contributed by atoms with Crippen molar-refractivity contribution in [3.05, 3.63) is 71.5 Å². The third kappa shape index (κ3) is 3.54. The molecule has 1 amide bonds. The first-order chi connectivity index (χ1) is 14.0. The Hall–Kier alpha value is -3.39. The summed E-state index contributed by atoms with van der Waals surface area (Å²) in [6, 6.07) is 9.29.